The van der Waals surface area contributed by atoms with E-state index in [1.807, 2.05) is 0 Å². The average Bonchev–Trinajstić information content (AvgIpc) is 2.54. The Hall–Kier alpha value is -0.820. The van der Waals surface area contributed by atoms with E-state index in [2.05, 4.69) is 24.3 Å². The minimum absolute atomic E-state index is 0.547. The Bertz CT molecular complexity index is 381. The molecule has 2 aliphatic rings. The van der Waals surface area contributed by atoms with Crippen molar-refractivity contribution in [2.45, 2.75) is 69.3 Å². The van der Waals surface area contributed by atoms with Crippen molar-refractivity contribution >= 4 is 0 Å². The van der Waals surface area contributed by atoms with Crippen LogP contribution in [0, 0.1) is 0 Å². The van der Waals surface area contributed by atoms with Crippen molar-refractivity contribution in [3.05, 3.63) is 35.4 Å². The van der Waals surface area contributed by atoms with E-state index in [9.17, 15) is 5.11 Å². The van der Waals surface area contributed by atoms with Gasteiger partial charge in [-0.15, -0.1) is 0 Å². The third kappa shape index (κ3) is 2.33. The SMILES string of the molecule is OC1(c2ccc(C3CCC3)cc2)CCCCCC1. The molecule has 0 aliphatic heterocycles. The van der Waals surface area contributed by atoms with Crippen molar-refractivity contribution in [2.24, 2.45) is 0 Å². The van der Waals surface area contributed by atoms with E-state index in [1.54, 1.807) is 0 Å². The van der Waals surface area contributed by atoms with Gasteiger partial charge in [-0.1, -0.05) is 56.4 Å². The summed E-state index contributed by atoms with van der Waals surface area (Å²) < 4.78 is 0. The Kier molecular flexibility index (Phi) is 3.43. The van der Waals surface area contributed by atoms with Crippen LogP contribution in [0.3, 0.4) is 0 Å². The summed E-state index contributed by atoms with van der Waals surface area (Å²) in [7, 11) is 0. The lowest BCUT2D eigenvalue weighted by molar-refractivity contribution is 0.0207. The van der Waals surface area contributed by atoms with Crippen LogP contribution in [0.1, 0.15) is 74.8 Å². The molecule has 1 aromatic rings. The zero-order chi connectivity index (χ0) is 12.4. The Morgan fingerprint density at radius 3 is 1.94 bits per heavy atom. The molecule has 0 unspecified atom stereocenters. The molecular weight excluding hydrogens is 220 g/mol. The highest BCUT2D eigenvalue weighted by Gasteiger charge is 2.30. The van der Waals surface area contributed by atoms with Crippen LogP contribution in [0.15, 0.2) is 24.3 Å². The molecule has 0 spiro atoms. The third-order valence-corrected chi connectivity index (χ3v) is 4.96. The van der Waals surface area contributed by atoms with Gasteiger partial charge in [0, 0.05) is 0 Å². The van der Waals surface area contributed by atoms with Crippen molar-refractivity contribution in [2.75, 3.05) is 0 Å². The van der Waals surface area contributed by atoms with Crippen molar-refractivity contribution in [3.8, 4) is 0 Å². The highest BCUT2D eigenvalue weighted by molar-refractivity contribution is 5.30. The fraction of sp³-hybridized carbons (Fsp3) is 0.647. The van der Waals surface area contributed by atoms with Crippen molar-refractivity contribution in [1.82, 2.24) is 0 Å². The van der Waals surface area contributed by atoms with E-state index in [1.165, 1.54) is 50.5 Å². The van der Waals surface area contributed by atoms with E-state index >= 15 is 0 Å². The van der Waals surface area contributed by atoms with Crippen LogP contribution in [0.25, 0.3) is 0 Å². The molecule has 18 heavy (non-hydrogen) atoms. The lowest BCUT2D eigenvalue weighted by Gasteiger charge is -2.29. The topological polar surface area (TPSA) is 20.2 Å². The maximum Gasteiger partial charge on any atom is 0.0896 e. The normalized spacial score (nSPS) is 24.3. The van der Waals surface area contributed by atoms with E-state index in [0.29, 0.717) is 0 Å². The maximum absolute atomic E-state index is 10.8. The molecule has 98 valence electrons. The quantitative estimate of drug-likeness (QED) is 0.760. The van der Waals surface area contributed by atoms with Gasteiger partial charge in [-0.3, -0.25) is 0 Å². The first-order valence-electron chi connectivity index (χ1n) is 7.61. The van der Waals surface area contributed by atoms with Crippen LogP contribution in [0.4, 0.5) is 0 Å². The fourth-order valence-electron chi connectivity index (χ4n) is 3.41. The Balaban J connectivity index is 1.77. The largest absolute Gasteiger partial charge is 0.385 e. The van der Waals surface area contributed by atoms with Gasteiger partial charge in [0.1, 0.15) is 0 Å². The number of rotatable bonds is 2. The summed E-state index contributed by atoms with van der Waals surface area (Å²) in [5.74, 6) is 0.794. The Morgan fingerprint density at radius 1 is 0.833 bits per heavy atom. The van der Waals surface area contributed by atoms with Gasteiger partial charge in [-0.2, -0.15) is 0 Å². The second-order valence-corrected chi connectivity index (χ2v) is 6.20. The molecule has 1 nitrogen and oxygen atoms in total. The monoisotopic (exact) mass is 244 g/mol. The molecule has 2 saturated carbocycles. The van der Waals surface area contributed by atoms with Gasteiger partial charge in [0.25, 0.3) is 0 Å². The number of hydrogen-bond acceptors (Lipinski definition) is 1. The predicted octanol–water partition coefficient (Wildman–Crippen LogP) is 4.50. The molecule has 0 amide bonds. The lowest BCUT2D eigenvalue weighted by Crippen LogP contribution is -2.24. The molecule has 1 N–H and O–H groups in total. The highest BCUT2D eigenvalue weighted by Crippen LogP contribution is 2.39. The molecule has 2 fully saturated rings. The van der Waals surface area contributed by atoms with Gasteiger partial charge in [-0.25, -0.2) is 0 Å². The number of aliphatic hydroxyl groups is 1. The van der Waals surface area contributed by atoms with Gasteiger partial charge in [0.2, 0.25) is 0 Å². The first-order valence-corrected chi connectivity index (χ1v) is 7.61. The second-order valence-electron chi connectivity index (χ2n) is 6.20. The molecule has 1 heteroatoms. The van der Waals surface area contributed by atoms with Crippen LogP contribution < -0.4 is 0 Å². The Morgan fingerprint density at radius 2 is 1.44 bits per heavy atom. The van der Waals surface area contributed by atoms with Crippen molar-refractivity contribution in [1.29, 1.82) is 0 Å². The van der Waals surface area contributed by atoms with Crippen LogP contribution in [-0.2, 0) is 5.60 Å². The highest BCUT2D eigenvalue weighted by atomic mass is 16.3. The minimum atomic E-state index is -0.547. The maximum atomic E-state index is 10.8. The van der Waals surface area contributed by atoms with E-state index in [0.717, 1.165) is 24.3 Å². The van der Waals surface area contributed by atoms with Crippen LogP contribution in [-0.4, -0.2) is 5.11 Å². The van der Waals surface area contributed by atoms with Gasteiger partial charge < -0.3 is 5.11 Å². The molecule has 0 atom stereocenters. The molecule has 1 aromatic carbocycles. The minimum Gasteiger partial charge on any atom is -0.385 e. The molecule has 0 bridgehead atoms. The van der Waals surface area contributed by atoms with Gasteiger partial charge >= 0.3 is 0 Å². The lowest BCUT2D eigenvalue weighted by atomic mass is 9.78. The summed E-state index contributed by atoms with van der Waals surface area (Å²) in [5, 5.41) is 10.8. The van der Waals surface area contributed by atoms with Crippen molar-refractivity contribution < 1.29 is 5.11 Å². The van der Waals surface area contributed by atoms with Crippen molar-refractivity contribution in [3.63, 3.8) is 0 Å². The first-order chi connectivity index (χ1) is 8.78. The van der Waals surface area contributed by atoms with Crippen LogP contribution in [0.2, 0.25) is 0 Å². The van der Waals surface area contributed by atoms with E-state index in [4.69, 9.17) is 0 Å². The summed E-state index contributed by atoms with van der Waals surface area (Å²) >= 11 is 0. The summed E-state index contributed by atoms with van der Waals surface area (Å²) in [6, 6.07) is 8.86. The fourth-order valence-corrected chi connectivity index (χ4v) is 3.41. The van der Waals surface area contributed by atoms with Crippen LogP contribution >= 0.6 is 0 Å². The van der Waals surface area contributed by atoms with Gasteiger partial charge in [-0.05, 0) is 42.7 Å². The third-order valence-electron chi connectivity index (χ3n) is 4.96. The average molecular weight is 244 g/mol. The molecular formula is C17H24O. The molecule has 0 aromatic heterocycles. The summed E-state index contributed by atoms with van der Waals surface area (Å²) in [6.07, 6.45) is 10.9. The van der Waals surface area contributed by atoms with Crippen LogP contribution in [0.5, 0.6) is 0 Å². The zero-order valence-electron chi connectivity index (χ0n) is 11.2. The Labute approximate surface area is 110 Å². The molecule has 0 radical (unpaired) electrons. The van der Waals surface area contributed by atoms with Gasteiger partial charge in [0.15, 0.2) is 0 Å². The summed E-state index contributed by atoms with van der Waals surface area (Å²) in [4.78, 5) is 0. The number of hydrogen-bond donors (Lipinski definition) is 1. The second kappa shape index (κ2) is 5.05. The molecule has 0 saturated heterocycles. The summed E-state index contributed by atoms with van der Waals surface area (Å²) in [6.45, 7) is 0. The first kappa shape index (κ1) is 12.2. The molecule has 0 heterocycles. The smallest absolute Gasteiger partial charge is 0.0896 e. The molecule has 2 aliphatic carbocycles. The number of benzene rings is 1. The molecule has 3 rings (SSSR count). The standard InChI is InChI=1S/C17H24O/c18-17(12-3-1-2-4-13-17)16-10-8-15(9-11-16)14-6-5-7-14/h8-11,14,18H,1-7,12-13H2. The summed E-state index contributed by atoms with van der Waals surface area (Å²) in [5.41, 5.74) is 2.07. The zero-order valence-corrected chi connectivity index (χ0v) is 11.2. The van der Waals surface area contributed by atoms with E-state index in [-0.39, 0.29) is 0 Å². The predicted molar refractivity (Wildman–Crippen MR) is 74.6 cm³/mol. The van der Waals surface area contributed by atoms with E-state index < -0.39 is 5.60 Å². The van der Waals surface area contributed by atoms with Gasteiger partial charge in [0.05, 0.1) is 5.60 Å².